The zero-order valence-corrected chi connectivity index (χ0v) is 15.8. The summed E-state index contributed by atoms with van der Waals surface area (Å²) < 4.78 is 55.1. The third kappa shape index (κ3) is 3.65. The molecule has 0 spiro atoms. The van der Waals surface area contributed by atoms with Crippen LogP contribution in [0.25, 0.3) is 16.6 Å². The second-order valence-corrected chi connectivity index (χ2v) is 7.70. The quantitative estimate of drug-likeness (QED) is 0.433. The van der Waals surface area contributed by atoms with Crippen molar-refractivity contribution in [3.8, 4) is 5.69 Å². The van der Waals surface area contributed by atoms with Crippen molar-refractivity contribution in [3.05, 3.63) is 82.2 Å². The highest BCUT2D eigenvalue weighted by Gasteiger charge is 2.38. The SMILES string of the molecule is OC(CF)(Cc1ccsc1C(F)(F)F)c1ccc2c(cnn2-c2ccccc2)c1. The van der Waals surface area contributed by atoms with Gasteiger partial charge in [0.15, 0.2) is 0 Å². The van der Waals surface area contributed by atoms with Gasteiger partial charge in [-0.15, -0.1) is 11.3 Å². The molecule has 1 unspecified atom stereocenters. The van der Waals surface area contributed by atoms with Crippen LogP contribution in [-0.4, -0.2) is 21.6 Å². The van der Waals surface area contributed by atoms with E-state index in [1.54, 1.807) is 23.0 Å². The molecule has 2 aromatic carbocycles. The number of halogens is 4. The highest BCUT2D eigenvalue weighted by atomic mass is 32.1. The number of benzene rings is 2. The Morgan fingerprint density at radius 1 is 1.03 bits per heavy atom. The highest BCUT2D eigenvalue weighted by molar-refractivity contribution is 7.10. The van der Waals surface area contributed by atoms with E-state index in [0.717, 1.165) is 11.2 Å². The number of hydrogen-bond donors (Lipinski definition) is 1. The van der Waals surface area contributed by atoms with Gasteiger partial charge in [-0.25, -0.2) is 9.07 Å². The molecule has 1 N–H and O–H groups in total. The molecule has 4 aromatic rings. The summed E-state index contributed by atoms with van der Waals surface area (Å²) in [7, 11) is 0. The highest BCUT2D eigenvalue weighted by Crippen LogP contribution is 2.39. The topological polar surface area (TPSA) is 38.1 Å². The summed E-state index contributed by atoms with van der Waals surface area (Å²) in [5.41, 5.74) is -0.400. The Hall–Kier alpha value is -2.71. The molecule has 3 nitrogen and oxygen atoms in total. The third-order valence-electron chi connectivity index (χ3n) is 4.81. The van der Waals surface area contributed by atoms with Crippen molar-refractivity contribution in [2.45, 2.75) is 18.2 Å². The lowest BCUT2D eigenvalue weighted by molar-refractivity contribution is -0.135. The molecule has 1 atom stereocenters. The summed E-state index contributed by atoms with van der Waals surface area (Å²) in [6.45, 7) is -1.21. The van der Waals surface area contributed by atoms with Crippen molar-refractivity contribution >= 4 is 22.2 Å². The van der Waals surface area contributed by atoms with Gasteiger partial charge < -0.3 is 5.11 Å². The van der Waals surface area contributed by atoms with Gasteiger partial charge >= 0.3 is 6.18 Å². The van der Waals surface area contributed by atoms with Gasteiger partial charge in [-0.2, -0.15) is 18.3 Å². The monoisotopic (exact) mass is 420 g/mol. The van der Waals surface area contributed by atoms with Crippen LogP contribution in [0.3, 0.4) is 0 Å². The van der Waals surface area contributed by atoms with E-state index < -0.39 is 29.7 Å². The number of alkyl halides is 4. The van der Waals surface area contributed by atoms with Gasteiger partial charge in [0.25, 0.3) is 0 Å². The first-order chi connectivity index (χ1) is 13.8. The minimum absolute atomic E-state index is 0.122. The zero-order valence-electron chi connectivity index (χ0n) is 15.0. The number of aliphatic hydroxyl groups is 1. The van der Waals surface area contributed by atoms with Gasteiger partial charge in [-0.05, 0) is 46.8 Å². The molecular formula is C21H16F4N2OS. The Morgan fingerprint density at radius 3 is 2.48 bits per heavy atom. The molecule has 4 rings (SSSR count). The minimum Gasteiger partial charge on any atom is -0.382 e. The Labute approximate surface area is 167 Å². The van der Waals surface area contributed by atoms with Crippen LogP contribution in [0, 0.1) is 0 Å². The van der Waals surface area contributed by atoms with E-state index in [-0.39, 0.29) is 11.1 Å². The normalized spacial score (nSPS) is 14.2. The first-order valence-electron chi connectivity index (χ1n) is 8.77. The van der Waals surface area contributed by atoms with E-state index in [0.29, 0.717) is 16.7 Å². The van der Waals surface area contributed by atoms with E-state index in [4.69, 9.17) is 0 Å². The molecule has 150 valence electrons. The fourth-order valence-corrected chi connectivity index (χ4v) is 4.16. The predicted molar refractivity (Wildman–Crippen MR) is 104 cm³/mol. The number of nitrogens with zero attached hydrogens (tertiary/aromatic N) is 2. The summed E-state index contributed by atoms with van der Waals surface area (Å²) in [6, 6.07) is 15.5. The molecule has 0 fully saturated rings. The van der Waals surface area contributed by atoms with Crippen LogP contribution in [0.2, 0.25) is 0 Å². The number of rotatable bonds is 5. The summed E-state index contributed by atoms with van der Waals surface area (Å²) >= 11 is 0.534. The van der Waals surface area contributed by atoms with Crippen LogP contribution >= 0.6 is 11.3 Å². The average molecular weight is 420 g/mol. The van der Waals surface area contributed by atoms with Gasteiger partial charge in [0.1, 0.15) is 17.2 Å². The van der Waals surface area contributed by atoms with Crippen molar-refractivity contribution in [2.24, 2.45) is 0 Å². The van der Waals surface area contributed by atoms with Gasteiger partial charge in [-0.3, -0.25) is 0 Å². The smallest absolute Gasteiger partial charge is 0.382 e. The summed E-state index contributed by atoms with van der Waals surface area (Å²) in [5.74, 6) is 0. The maximum atomic E-state index is 13.9. The lowest BCUT2D eigenvalue weighted by Gasteiger charge is -2.26. The largest absolute Gasteiger partial charge is 0.425 e. The second kappa shape index (κ2) is 7.27. The van der Waals surface area contributed by atoms with Crippen LogP contribution in [0.4, 0.5) is 17.6 Å². The number of fused-ring (bicyclic) bond motifs is 1. The number of aromatic nitrogens is 2. The second-order valence-electron chi connectivity index (χ2n) is 6.78. The number of hydrogen-bond acceptors (Lipinski definition) is 3. The molecular weight excluding hydrogens is 404 g/mol. The fraction of sp³-hybridized carbons (Fsp3) is 0.190. The molecule has 0 aliphatic carbocycles. The lowest BCUT2D eigenvalue weighted by Crippen LogP contribution is -2.31. The minimum atomic E-state index is -4.54. The van der Waals surface area contributed by atoms with E-state index in [1.165, 1.54) is 17.5 Å². The number of thiophene rings is 1. The molecule has 2 aromatic heterocycles. The summed E-state index contributed by atoms with van der Waals surface area (Å²) in [6.07, 6.45) is -3.43. The third-order valence-corrected chi connectivity index (χ3v) is 5.82. The molecule has 0 bridgehead atoms. The maximum Gasteiger partial charge on any atom is 0.425 e. The van der Waals surface area contributed by atoms with Gasteiger partial charge in [-0.1, -0.05) is 24.3 Å². The Morgan fingerprint density at radius 2 is 1.79 bits per heavy atom. The molecule has 0 amide bonds. The molecule has 0 radical (unpaired) electrons. The maximum absolute atomic E-state index is 13.9. The van der Waals surface area contributed by atoms with Crippen molar-refractivity contribution in [2.75, 3.05) is 6.67 Å². The van der Waals surface area contributed by atoms with E-state index >= 15 is 0 Å². The zero-order chi connectivity index (χ0) is 20.6. The van der Waals surface area contributed by atoms with Crippen molar-refractivity contribution < 1.29 is 22.7 Å². The van der Waals surface area contributed by atoms with Gasteiger partial charge in [0, 0.05) is 11.8 Å². The van der Waals surface area contributed by atoms with Crippen LogP contribution in [-0.2, 0) is 18.2 Å². The van der Waals surface area contributed by atoms with Crippen LogP contribution in [0.15, 0.2) is 66.2 Å². The Kier molecular flexibility index (Phi) is 4.92. The molecule has 0 saturated carbocycles. The van der Waals surface area contributed by atoms with Crippen LogP contribution in [0.1, 0.15) is 16.0 Å². The summed E-state index contributed by atoms with van der Waals surface area (Å²) in [5, 5.41) is 17.2. The predicted octanol–water partition coefficient (Wildman–Crippen LogP) is 5.51. The van der Waals surface area contributed by atoms with E-state index in [9.17, 15) is 22.7 Å². The van der Waals surface area contributed by atoms with Crippen LogP contribution < -0.4 is 0 Å². The van der Waals surface area contributed by atoms with Gasteiger partial charge in [0.05, 0.1) is 17.4 Å². The average Bonchev–Trinajstić information content (AvgIpc) is 3.34. The van der Waals surface area contributed by atoms with Gasteiger partial charge in [0.2, 0.25) is 0 Å². The fourth-order valence-electron chi connectivity index (χ4n) is 3.36. The van der Waals surface area contributed by atoms with Crippen molar-refractivity contribution in [1.29, 1.82) is 0 Å². The summed E-state index contributed by atoms with van der Waals surface area (Å²) in [4.78, 5) is -0.817. The van der Waals surface area contributed by atoms with Crippen molar-refractivity contribution in [3.63, 3.8) is 0 Å². The molecule has 0 saturated heterocycles. The standard InChI is InChI=1S/C21H16F4N2OS/c22-13-20(28,11-14-8-9-29-19(14)21(23,24)25)16-6-7-18-15(10-16)12-26-27(18)17-4-2-1-3-5-17/h1-10,12,28H,11,13H2. The van der Waals surface area contributed by atoms with E-state index in [1.807, 2.05) is 30.3 Å². The molecule has 8 heteroatoms. The Bertz CT molecular complexity index is 1140. The molecule has 29 heavy (non-hydrogen) atoms. The molecule has 0 aliphatic heterocycles. The Balaban J connectivity index is 1.72. The first kappa shape index (κ1) is 19.6. The number of para-hydroxylation sites is 1. The molecule has 2 heterocycles. The lowest BCUT2D eigenvalue weighted by atomic mass is 9.88. The van der Waals surface area contributed by atoms with E-state index in [2.05, 4.69) is 5.10 Å². The van der Waals surface area contributed by atoms with Crippen LogP contribution in [0.5, 0.6) is 0 Å². The molecule has 0 aliphatic rings. The van der Waals surface area contributed by atoms with Crippen molar-refractivity contribution in [1.82, 2.24) is 9.78 Å². The first-order valence-corrected chi connectivity index (χ1v) is 9.65.